The Balaban J connectivity index is 2.82. The van der Waals surface area contributed by atoms with Crippen LogP contribution in [0.4, 0.5) is 8.78 Å². The number of Topliss-reactive ketones (excluding diaryl/α,β-unsaturated/α-hetero) is 1. The molecule has 0 aliphatic carbocycles. The smallest absolute Gasteiger partial charge is 0.303 e. The summed E-state index contributed by atoms with van der Waals surface area (Å²) in [5, 5.41) is 8.31. The van der Waals surface area contributed by atoms with Crippen molar-refractivity contribution in [3.8, 4) is 0 Å². The summed E-state index contributed by atoms with van der Waals surface area (Å²) in [4.78, 5) is 21.4. The molecule has 0 aliphatic heterocycles. The van der Waals surface area contributed by atoms with Crippen molar-refractivity contribution in [2.24, 2.45) is 0 Å². The molecule has 0 bridgehead atoms. The Kier molecular flexibility index (Phi) is 3.49. The molecule has 80 valence electrons. The van der Waals surface area contributed by atoms with Gasteiger partial charge < -0.3 is 5.11 Å². The minimum absolute atomic E-state index is 0.338. The van der Waals surface area contributed by atoms with E-state index in [9.17, 15) is 18.4 Å². The Morgan fingerprint density at radius 3 is 2.47 bits per heavy atom. The lowest BCUT2D eigenvalue weighted by atomic mass is 10.1. The lowest BCUT2D eigenvalue weighted by Crippen LogP contribution is -2.06. The maximum absolute atomic E-state index is 13.0. The highest BCUT2D eigenvalue weighted by molar-refractivity contribution is 5.97. The standard InChI is InChI=1S/C10H8F2O3/c11-7-3-1-2-6(10(7)12)8(13)4-5-9(14)15/h1-3H,4-5H2,(H,14,15). The lowest BCUT2D eigenvalue weighted by molar-refractivity contribution is -0.136. The van der Waals surface area contributed by atoms with E-state index in [1.165, 1.54) is 6.07 Å². The van der Waals surface area contributed by atoms with Gasteiger partial charge in [0.2, 0.25) is 0 Å². The quantitative estimate of drug-likeness (QED) is 0.780. The molecule has 3 nitrogen and oxygen atoms in total. The van der Waals surface area contributed by atoms with Crippen molar-refractivity contribution in [2.75, 3.05) is 0 Å². The molecule has 1 aromatic rings. The number of hydrogen-bond donors (Lipinski definition) is 1. The Morgan fingerprint density at radius 1 is 1.20 bits per heavy atom. The van der Waals surface area contributed by atoms with Gasteiger partial charge in [0.05, 0.1) is 12.0 Å². The highest BCUT2D eigenvalue weighted by Crippen LogP contribution is 2.13. The lowest BCUT2D eigenvalue weighted by Gasteiger charge is -2.01. The first-order valence-electron chi connectivity index (χ1n) is 4.21. The van der Waals surface area contributed by atoms with Crippen molar-refractivity contribution in [1.29, 1.82) is 0 Å². The average Bonchev–Trinajstić information content (AvgIpc) is 2.18. The number of carbonyl (C=O) groups is 2. The molecule has 0 atom stereocenters. The highest BCUT2D eigenvalue weighted by atomic mass is 19.2. The van der Waals surface area contributed by atoms with Crippen LogP contribution < -0.4 is 0 Å². The Morgan fingerprint density at radius 2 is 1.87 bits per heavy atom. The van der Waals surface area contributed by atoms with Crippen LogP contribution >= 0.6 is 0 Å². The van der Waals surface area contributed by atoms with Gasteiger partial charge in [-0.3, -0.25) is 9.59 Å². The second-order valence-corrected chi connectivity index (χ2v) is 2.92. The van der Waals surface area contributed by atoms with Crippen LogP contribution in [0.1, 0.15) is 23.2 Å². The number of rotatable bonds is 4. The van der Waals surface area contributed by atoms with Crippen molar-refractivity contribution in [2.45, 2.75) is 12.8 Å². The van der Waals surface area contributed by atoms with Gasteiger partial charge in [-0.1, -0.05) is 6.07 Å². The van der Waals surface area contributed by atoms with E-state index < -0.39 is 35.4 Å². The summed E-state index contributed by atoms with van der Waals surface area (Å²) in [5.74, 6) is -4.21. The van der Waals surface area contributed by atoms with Crippen molar-refractivity contribution in [3.05, 3.63) is 35.4 Å². The molecule has 1 N–H and O–H groups in total. The van der Waals surface area contributed by atoms with Gasteiger partial charge in [-0.2, -0.15) is 0 Å². The van der Waals surface area contributed by atoms with Crippen LogP contribution in [0.3, 0.4) is 0 Å². The Hall–Kier alpha value is -1.78. The van der Waals surface area contributed by atoms with Crippen molar-refractivity contribution in [1.82, 2.24) is 0 Å². The molecule has 0 aromatic heterocycles. The molecule has 0 unspecified atom stereocenters. The van der Waals surface area contributed by atoms with Gasteiger partial charge in [-0.25, -0.2) is 8.78 Å². The van der Waals surface area contributed by atoms with Crippen LogP contribution in [0.15, 0.2) is 18.2 Å². The molecule has 0 saturated carbocycles. The fourth-order valence-corrected chi connectivity index (χ4v) is 1.07. The number of aliphatic carboxylic acids is 1. The monoisotopic (exact) mass is 214 g/mol. The topological polar surface area (TPSA) is 54.4 Å². The number of carbonyl (C=O) groups excluding carboxylic acids is 1. The first-order chi connectivity index (χ1) is 7.02. The molecule has 0 radical (unpaired) electrons. The fourth-order valence-electron chi connectivity index (χ4n) is 1.07. The summed E-state index contributed by atoms with van der Waals surface area (Å²) in [6, 6.07) is 3.22. The third kappa shape index (κ3) is 2.83. The molecule has 0 spiro atoms. The first kappa shape index (κ1) is 11.3. The van der Waals surface area contributed by atoms with Crippen molar-refractivity contribution < 1.29 is 23.5 Å². The zero-order valence-corrected chi connectivity index (χ0v) is 7.67. The van der Waals surface area contributed by atoms with Gasteiger partial charge in [0.25, 0.3) is 0 Å². The van der Waals surface area contributed by atoms with Gasteiger partial charge in [-0.15, -0.1) is 0 Å². The molecular formula is C10H8F2O3. The van der Waals surface area contributed by atoms with Gasteiger partial charge >= 0.3 is 5.97 Å². The van der Waals surface area contributed by atoms with Gasteiger partial charge in [-0.05, 0) is 12.1 Å². The van der Waals surface area contributed by atoms with Gasteiger partial charge in [0.1, 0.15) is 0 Å². The second-order valence-electron chi connectivity index (χ2n) is 2.92. The largest absolute Gasteiger partial charge is 0.481 e. The summed E-state index contributed by atoms with van der Waals surface area (Å²) >= 11 is 0. The number of benzene rings is 1. The zero-order chi connectivity index (χ0) is 11.4. The van der Waals surface area contributed by atoms with E-state index in [4.69, 9.17) is 5.11 Å². The number of carboxylic acids is 1. The number of hydrogen-bond acceptors (Lipinski definition) is 2. The minimum atomic E-state index is -1.23. The van der Waals surface area contributed by atoms with E-state index in [0.717, 1.165) is 12.1 Å². The third-order valence-corrected chi connectivity index (χ3v) is 1.82. The van der Waals surface area contributed by atoms with Gasteiger partial charge in [0, 0.05) is 6.42 Å². The summed E-state index contributed by atoms with van der Waals surface area (Å²) in [6.07, 6.45) is -0.732. The summed E-state index contributed by atoms with van der Waals surface area (Å²) in [5.41, 5.74) is -0.406. The number of carboxylic acid groups (broad SMARTS) is 1. The van der Waals surface area contributed by atoms with E-state index in [0.29, 0.717) is 0 Å². The van der Waals surface area contributed by atoms with Crippen LogP contribution in [0.2, 0.25) is 0 Å². The van der Waals surface area contributed by atoms with Crippen molar-refractivity contribution >= 4 is 11.8 Å². The molecular weight excluding hydrogens is 206 g/mol. The molecule has 0 aliphatic rings. The Labute approximate surface area is 84.3 Å². The maximum atomic E-state index is 13.0. The third-order valence-electron chi connectivity index (χ3n) is 1.82. The van der Waals surface area contributed by atoms with Crippen LogP contribution in [0.25, 0.3) is 0 Å². The SMILES string of the molecule is O=C(O)CCC(=O)c1cccc(F)c1F. The van der Waals surface area contributed by atoms with Crippen LogP contribution in [-0.2, 0) is 4.79 Å². The fraction of sp³-hybridized carbons (Fsp3) is 0.200. The van der Waals surface area contributed by atoms with Crippen LogP contribution in [-0.4, -0.2) is 16.9 Å². The molecule has 15 heavy (non-hydrogen) atoms. The molecule has 1 aromatic carbocycles. The van der Waals surface area contributed by atoms with E-state index in [2.05, 4.69) is 0 Å². The van der Waals surface area contributed by atoms with Crippen LogP contribution in [0.5, 0.6) is 0 Å². The molecule has 1 rings (SSSR count). The molecule has 0 saturated heterocycles. The second kappa shape index (κ2) is 4.63. The predicted molar refractivity (Wildman–Crippen MR) is 47.6 cm³/mol. The van der Waals surface area contributed by atoms with E-state index in [1.54, 1.807) is 0 Å². The van der Waals surface area contributed by atoms with Crippen molar-refractivity contribution in [3.63, 3.8) is 0 Å². The van der Waals surface area contributed by atoms with E-state index in [-0.39, 0.29) is 6.42 Å². The van der Waals surface area contributed by atoms with Gasteiger partial charge in [0.15, 0.2) is 17.4 Å². The first-order valence-corrected chi connectivity index (χ1v) is 4.21. The summed E-state index contributed by atoms with van der Waals surface area (Å²) < 4.78 is 25.7. The van der Waals surface area contributed by atoms with E-state index in [1.807, 2.05) is 0 Å². The minimum Gasteiger partial charge on any atom is -0.481 e. The molecule has 0 amide bonds. The summed E-state index contributed by atoms with van der Waals surface area (Å²) in [6.45, 7) is 0. The average molecular weight is 214 g/mol. The summed E-state index contributed by atoms with van der Waals surface area (Å²) in [7, 11) is 0. The highest BCUT2D eigenvalue weighted by Gasteiger charge is 2.15. The molecule has 0 fully saturated rings. The van der Waals surface area contributed by atoms with E-state index >= 15 is 0 Å². The predicted octanol–water partition coefficient (Wildman–Crippen LogP) is 2.01. The van der Waals surface area contributed by atoms with Crippen LogP contribution in [0, 0.1) is 11.6 Å². The zero-order valence-electron chi connectivity index (χ0n) is 7.67. The number of ketones is 1. The number of halogens is 2. The normalized spacial score (nSPS) is 10.0. The molecule has 5 heteroatoms. The maximum Gasteiger partial charge on any atom is 0.303 e. The Bertz CT molecular complexity index is 402. The molecule has 0 heterocycles.